The fraction of sp³-hybridized carbons (Fsp3) is 0.588. The van der Waals surface area contributed by atoms with Crippen molar-refractivity contribution in [1.29, 1.82) is 0 Å². The quantitative estimate of drug-likeness (QED) is 0.904. The second-order valence-corrected chi connectivity index (χ2v) is 6.02. The summed E-state index contributed by atoms with van der Waals surface area (Å²) in [5, 5.41) is 10.4. The van der Waals surface area contributed by atoms with Gasteiger partial charge in [0.05, 0.1) is 23.7 Å². The van der Waals surface area contributed by atoms with Crippen LogP contribution in [0.4, 0.5) is 0 Å². The summed E-state index contributed by atoms with van der Waals surface area (Å²) in [6, 6.07) is 8.22. The number of benzene rings is 1. The van der Waals surface area contributed by atoms with E-state index in [0.717, 1.165) is 35.6 Å². The maximum atomic E-state index is 10.4. The van der Waals surface area contributed by atoms with Crippen LogP contribution < -0.4 is 0 Å². The predicted molar refractivity (Wildman–Crippen MR) is 81.7 cm³/mol. The molecule has 3 rings (SSSR count). The Hall–Kier alpha value is -1.35. The van der Waals surface area contributed by atoms with Crippen molar-refractivity contribution < 1.29 is 5.11 Å². The smallest absolute Gasteiger partial charge is 0.109 e. The molecule has 2 aromatic rings. The number of para-hydroxylation sites is 2. The van der Waals surface area contributed by atoms with Crippen LogP contribution in [-0.2, 0) is 13.0 Å². The SMILES string of the molecule is CCc1nc2ccccc2n1CC(O)CC1CCCC1. The van der Waals surface area contributed by atoms with Gasteiger partial charge in [-0.05, 0) is 24.5 Å². The molecule has 1 unspecified atom stereocenters. The van der Waals surface area contributed by atoms with Gasteiger partial charge in [-0.1, -0.05) is 44.7 Å². The van der Waals surface area contributed by atoms with E-state index in [1.807, 2.05) is 18.2 Å². The lowest BCUT2D eigenvalue weighted by Crippen LogP contribution is -2.20. The average Bonchev–Trinajstić information content (AvgIpc) is 3.07. The Morgan fingerprint density at radius 1 is 1.30 bits per heavy atom. The van der Waals surface area contributed by atoms with E-state index in [9.17, 15) is 5.11 Å². The molecule has 108 valence electrons. The highest BCUT2D eigenvalue weighted by atomic mass is 16.3. The van der Waals surface area contributed by atoms with E-state index in [1.165, 1.54) is 25.7 Å². The van der Waals surface area contributed by atoms with Crippen LogP contribution in [0.25, 0.3) is 11.0 Å². The number of aryl methyl sites for hydroxylation is 1. The molecule has 0 amide bonds. The van der Waals surface area contributed by atoms with Gasteiger partial charge in [0.25, 0.3) is 0 Å². The molecular formula is C17H24N2O. The van der Waals surface area contributed by atoms with Gasteiger partial charge in [0.1, 0.15) is 5.82 Å². The number of fused-ring (bicyclic) bond motifs is 1. The third-order valence-corrected chi connectivity index (χ3v) is 4.52. The first-order chi connectivity index (χ1) is 9.78. The highest BCUT2D eigenvalue weighted by molar-refractivity contribution is 5.75. The lowest BCUT2D eigenvalue weighted by molar-refractivity contribution is 0.125. The van der Waals surface area contributed by atoms with E-state index in [2.05, 4.69) is 22.5 Å². The van der Waals surface area contributed by atoms with Crippen LogP contribution in [0.5, 0.6) is 0 Å². The summed E-state index contributed by atoms with van der Waals surface area (Å²) in [7, 11) is 0. The van der Waals surface area contributed by atoms with E-state index in [0.29, 0.717) is 6.54 Å². The van der Waals surface area contributed by atoms with Gasteiger partial charge in [0, 0.05) is 6.42 Å². The Morgan fingerprint density at radius 2 is 2.05 bits per heavy atom. The maximum Gasteiger partial charge on any atom is 0.109 e. The second-order valence-electron chi connectivity index (χ2n) is 6.02. The standard InChI is InChI=1S/C17H24N2O/c1-2-17-18-15-9-5-6-10-16(15)19(17)12-14(20)11-13-7-3-4-8-13/h5-6,9-10,13-14,20H,2-4,7-8,11-12H2,1H3. The summed E-state index contributed by atoms with van der Waals surface area (Å²) >= 11 is 0. The predicted octanol–water partition coefficient (Wildman–Crippen LogP) is 3.54. The van der Waals surface area contributed by atoms with Crippen molar-refractivity contribution in [2.75, 3.05) is 0 Å². The largest absolute Gasteiger partial charge is 0.391 e. The van der Waals surface area contributed by atoms with Crippen molar-refractivity contribution in [3.63, 3.8) is 0 Å². The van der Waals surface area contributed by atoms with E-state index in [-0.39, 0.29) is 6.10 Å². The van der Waals surface area contributed by atoms with Gasteiger partial charge >= 0.3 is 0 Å². The maximum absolute atomic E-state index is 10.4. The topological polar surface area (TPSA) is 38.0 Å². The number of aliphatic hydroxyl groups is 1. The number of aromatic nitrogens is 2. The summed E-state index contributed by atoms with van der Waals surface area (Å²) < 4.78 is 2.20. The van der Waals surface area contributed by atoms with Crippen LogP contribution in [0.15, 0.2) is 24.3 Å². The molecular weight excluding hydrogens is 248 g/mol. The molecule has 0 spiro atoms. The van der Waals surface area contributed by atoms with E-state index >= 15 is 0 Å². The van der Waals surface area contributed by atoms with Crippen LogP contribution in [0.3, 0.4) is 0 Å². The molecule has 3 nitrogen and oxygen atoms in total. The molecule has 0 aliphatic heterocycles. The first-order valence-corrected chi connectivity index (χ1v) is 7.90. The number of imidazole rings is 1. The number of rotatable bonds is 5. The molecule has 1 N–H and O–H groups in total. The van der Waals surface area contributed by atoms with Gasteiger partial charge in [-0.2, -0.15) is 0 Å². The summed E-state index contributed by atoms with van der Waals surface area (Å²) in [5.74, 6) is 1.81. The molecule has 1 atom stereocenters. The lowest BCUT2D eigenvalue weighted by atomic mass is 10.00. The Morgan fingerprint density at radius 3 is 2.80 bits per heavy atom. The van der Waals surface area contributed by atoms with Gasteiger partial charge in [0.2, 0.25) is 0 Å². The molecule has 0 bridgehead atoms. The molecule has 1 aliphatic rings. The van der Waals surface area contributed by atoms with Crippen molar-refractivity contribution >= 4 is 11.0 Å². The third-order valence-electron chi connectivity index (χ3n) is 4.52. The molecule has 0 radical (unpaired) electrons. The first-order valence-electron chi connectivity index (χ1n) is 7.90. The summed E-state index contributed by atoms with van der Waals surface area (Å²) in [6.45, 7) is 2.81. The number of hydrogen-bond acceptors (Lipinski definition) is 2. The molecule has 1 saturated carbocycles. The molecule has 3 heteroatoms. The molecule has 1 aromatic heterocycles. The fourth-order valence-corrected chi connectivity index (χ4v) is 3.52. The Kier molecular flexibility index (Phi) is 4.06. The molecule has 1 heterocycles. The van der Waals surface area contributed by atoms with Gasteiger partial charge in [-0.3, -0.25) is 0 Å². The van der Waals surface area contributed by atoms with Crippen molar-refractivity contribution in [2.45, 2.75) is 58.1 Å². The van der Waals surface area contributed by atoms with Gasteiger partial charge in [-0.15, -0.1) is 0 Å². The zero-order valence-corrected chi connectivity index (χ0v) is 12.3. The highest BCUT2D eigenvalue weighted by Crippen LogP contribution is 2.29. The zero-order chi connectivity index (χ0) is 13.9. The van der Waals surface area contributed by atoms with Crippen LogP contribution in [-0.4, -0.2) is 20.8 Å². The normalized spacial score (nSPS) is 17.9. The molecule has 1 fully saturated rings. The lowest BCUT2D eigenvalue weighted by Gasteiger charge is -2.17. The van der Waals surface area contributed by atoms with Crippen molar-refractivity contribution in [1.82, 2.24) is 9.55 Å². The van der Waals surface area contributed by atoms with E-state index in [4.69, 9.17) is 0 Å². The van der Waals surface area contributed by atoms with Crippen LogP contribution in [0.2, 0.25) is 0 Å². The van der Waals surface area contributed by atoms with E-state index < -0.39 is 0 Å². The minimum absolute atomic E-state index is 0.249. The summed E-state index contributed by atoms with van der Waals surface area (Å²) in [4.78, 5) is 4.67. The number of hydrogen-bond donors (Lipinski definition) is 1. The van der Waals surface area contributed by atoms with Gasteiger partial charge < -0.3 is 9.67 Å². The van der Waals surface area contributed by atoms with Crippen LogP contribution in [0.1, 0.15) is 44.9 Å². The Balaban J connectivity index is 1.78. The minimum Gasteiger partial charge on any atom is -0.391 e. The monoisotopic (exact) mass is 272 g/mol. The molecule has 1 aliphatic carbocycles. The molecule has 0 saturated heterocycles. The minimum atomic E-state index is -0.249. The zero-order valence-electron chi connectivity index (χ0n) is 12.3. The van der Waals surface area contributed by atoms with Gasteiger partial charge in [0.15, 0.2) is 0 Å². The highest BCUT2D eigenvalue weighted by Gasteiger charge is 2.20. The van der Waals surface area contributed by atoms with Crippen molar-refractivity contribution in [3.05, 3.63) is 30.1 Å². The number of nitrogens with zero attached hydrogens (tertiary/aromatic N) is 2. The van der Waals surface area contributed by atoms with Crippen LogP contribution >= 0.6 is 0 Å². The van der Waals surface area contributed by atoms with E-state index in [1.54, 1.807) is 0 Å². The Bertz CT molecular complexity index is 569. The van der Waals surface area contributed by atoms with Gasteiger partial charge in [-0.25, -0.2) is 4.98 Å². The van der Waals surface area contributed by atoms with Crippen molar-refractivity contribution in [3.8, 4) is 0 Å². The average molecular weight is 272 g/mol. The third kappa shape index (κ3) is 2.73. The number of aliphatic hydroxyl groups excluding tert-OH is 1. The van der Waals surface area contributed by atoms with Crippen LogP contribution in [0, 0.1) is 5.92 Å². The molecule has 1 aromatic carbocycles. The second kappa shape index (κ2) is 5.96. The fourth-order valence-electron chi connectivity index (χ4n) is 3.52. The summed E-state index contributed by atoms with van der Waals surface area (Å²) in [5.41, 5.74) is 2.19. The Labute approximate surface area is 120 Å². The molecule has 20 heavy (non-hydrogen) atoms. The first kappa shape index (κ1) is 13.6. The summed E-state index contributed by atoms with van der Waals surface area (Å²) in [6.07, 6.45) is 6.86. The van der Waals surface area contributed by atoms with Crippen molar-refractivity contribution in [2.24, 2.45) is 5.92 Å².